The lowest BCUT2D eigenvalue weighted by molar-refractivity contribution is -0.129. The van der Waals surface area contributed by atoms with Gasteiger partial charge in [-0.05, 0) is 43.1 Å². The van der Waals surface area contributed by atoms with E-state index in [2.05, 4.69) is 4.90 Å². The van der Waals surface area contributed by atoms with Crippen LogP contribution >= 0.6 is 0 Å². The third-order valence-electron chi connectivity index (χ3n) is 4.92. The molecule has 0 N–H and O–H groups in total. The maximum absolute atomic E-state index is 13.1. The first-order valence-corrected chi connectivity index (χ1v) is 9.55. The lowest BCUT2D eigenvalue weighted by Crippen LogP contribution is -2.33. The van der Waals surface area contributed by atoms with Crippen LogP contribution in [-0.2, 0) is 17.9 Å². The molecule has 1 heterocycles. The van der Waals surface area contributed by atoms with Gasteiger partial charge in [-0.25, -0.2) is 4.39 Å². The average Bonchev–Trinajstić information content (AvgIpc) is 2.65. The largest absolute Gasteiger partial charge is 0.492 e. The van der Waals surface area contributed by atoms with E-state index in [4.69, 9.17) is 4.74 Å². The highest BCUT2D eigenvalue weighted by molar-refractivity contribution is 5.73. The molecule has 0 aliphatic carbocycles. The van der Waals surface area contributed by atoms with Gasteiger partial charge in [0.2, 0.25) is 5.91 Å². The van der Waals surface area contributed by atoms with E-state index in [0.29, 0.717) is 13.2 Å². The van der Waals surface area contributed by atoms with E-state index in [1.165, 1.54) is 12.1 Å². The van der Waals surface area contributed by atoms with Crippen molar-refractivity contribution in [3.8, 4) is 5.75 Å². The molecule has 1 aliphatic heterocycles. The molecular formula is C22H27FN2O2. The Kier molecular flexibility index (Phi) is 6.82. The highest BCUT2D eigenvalue weighted by Crippen LogP contribution is 2.21. The molecule has 1 aliphatic rings. The van der Waals surface area contributed by atoms with Crippen LogP contribution in [0.25, 0.3) is 0 Å². The highest BCUT2D eigenvalue weighted by Gasteiger charge is 2.15. The van der Waals surface area contributed by atoms with Gasteiger partial charge in [0.1, 0.15) is 18.2 Å². The molecular weight excluding hydrogens is 343 g/mol. The van der Waals surface area contributed by atoms with Crippen molar-refractivity contribution in [2.75, 3.05) is 26.2 Å². The molecule has 2 aromatic rings. The van der Waals surface area contributed by atoms with Crippen molar-refractivity contribution in [2.24, 2.45) is 0 Å². The molecule has 27 heavy (non-hydrogen) atoms. The first-order valence-electron chi connectivity index (χ1n) is 9.55. The van der Waals surface area contributed by atoms with E-state index >= 15 is 0 Å². The van der Waals surface area contributed by atoms with Crippen LogP contribution in [0.15, 0.2) is 48.5 Å². The zero-order valence-electron chi connectivity index (χ0n) is 15.9. The van der Waals surface area contributed by atoms with Gasteiger partial charge in [-0.3, -0.25) is 9.69 Å². The standard InChI is InChI=1S/C22H27FN2O2/c1-18(26)25-13-5-4-12-24(16-19-8-10-21(23)11-9-19)14-15-27-22-7-3-2-6-20(22)17-25/h2-3,6-11H,4-5,12-17H2,1H3. The molecule has 0 atom stereocenters. The normalized spacial score (nSPS) is 16.6. The summed E-state index contributed by atoms with van der Waals surface area (Å²) in [5, 5.41) is 0. The summed E-state index contributed by atoms with van der Waals surface area (Å²) in [6.07, 6.45) is 1.97. The molecule has 0 unspecified atom stereocenters. The third-order valence-corrected chi connectivity index (χ3v) is 4.92. The number of ether oxygens (including phenoxy) is 1. The van der Waals surface area contributed by atoms with Gasteiger partial charge in [-0.15, -0.1) is 0 Å². The smallest absolute Gasteiger partial charge is 0.219 e. The number of rotatable bonds is 2. The molecule has 3 rings (SSSR count). The summed E-state index contributed by atoms with van der Waals surface area (Å²) in [5.41, 5.74) is 2.13. The Labute approximate surface area is 160 Å². The monoisotopic (exact) mass is 370 g/mol. The summed E-state index contributed by atoms with van der Waals surface area (Å²) < 4.78 is 19.2. The van der Waals surface area contributed by atoms with Crippen molar-refractivity contribution in [1.29, 1.82) is 0 Å². The maximum Gasteiger partial charge on any atom is 0.219 e. The second kappa shape index (κ2) is 9.51. The second-order valence-electron chi connectivity index (χ2n) is 7.01. The minimum atomic E-state index is -0.211. The Morgan fingerprint density at radius 3 is 2.56 bits per heavy atom. The van der Waals surface area contributed by atoms with Crippen molar-refractivity contribution >= 4 is 5.91 Å². The maximum atomic E-state index is 13.1. The molecule has 144 valence electrons. The molecule has 0 bridgehead atoms. The molecule has 4 nitrogen and oxygen atoms in total. The van der Waals surface area contributed by atoms with Gasteiger partial charge in [0, 0.05) is 38.7 Å². The number of carbonyl (C=O) groups excluding carboxylic acids is 1. The molecule has 0 aromatic heterocycles. The van der Waals surface area contributed by atoms with Gasteiger partial charge in [0.05, 0.1) is 0 Å². The summed E-state index contributed by atoms with van der Waals surface area (Å²) in [4.78, 5) is 16.2. The lowest BCUT2D eigenvalue weighted by Gasteiger charge is -2.27. The van der Waals surface area contributed by atoms with Crippen LogP contribution in [-0.4, -0.2) is 41.9 Å². The Bertz CT molecular complexity index is 748. The first kappa shape index (κ1) is 19.4. The van der Waals surface area contributed by atoms with Crippen LogP contribution in [0.2, 0.25) is 0 Å². The van der Waals surface area contributed by atoms with E-state index in [1.54, 1.807) is 6.92 Å². The number of fused-ring (bicyclic) bond motifs is 1. The van der Waals surface area contributed by atoms with Crippen LogP contribution in [0.3, 0.4) is 0 Å². The Balaban J connectivity index is 1.71. The highest BCUT2D eigenvalue weighted by atomic mass is 19.1. The predicted octanol–water partition coefficient (Wildman–Crippen LogP) is 3.85. The summed E-state index contributed by atoms with van der Waals surface area (Å²) in [6, 6.07) is 14.6. The van der Waals surface area contributed by atoms with Gasteiger partial charge in [-0.1, -0.05) is 30.3 Å². The van der Waals surface area contributed by atoms with Gasteiger partial charge in [0.15, 0.2) is 0 Å². The SMILES string of the molecule is CC(=O)N1CCCCN(Cc2ccc(F)cc2)CCOc2ccccc2C1. The summed E-state index contributed by atoms with van der Waals surface area (Å²) in [5.74, 6) is 0.716. The molecule has 2 aromatic carbocycles. The summed E-state index contributed by atoms with van der Waals surface area (Å²) >= 11 is 0. The van der Waals surface area contributed by atoms with Crippen LogP contribution in [0.1, 0.15) is 30.9 Å². The quantitative estimate of drug-likeness (QED) is 0.805. The number of benzene rings is 2. The minimum absolute atomic E-state index is 0.0880. The van der Waals surface area contributed by atoms with Crippen molar-refractivity contribution in [1.82, 2.24) is 9.80 Å². The fraction of sp³-hybridized carbons (Fsp3) is 0.409. The van der Waals surface area contributed by atoms with Crippen LogP contribution in [0, 0.1) is 5.82 Å². The number of para-hydroxylation sites is 1. The van der Waals surface area contributed by atoms with Crippen LogP contribution in [0.5, 0.6) is 5.75 Å². The average molecular weight is 370 g/mol. The van der Waals surface area contributed by atoms with Gasteiger partial charge < -0.3 is 9.64 Å². The van der Waals surface area contributed by atoms with Gasteiger partial charge >= 0.3 is 0 Å². The lowest BCUT2D eigenvalue weighted by atomic mass is 10.1. The van der Waals surface area contributed by atoms with Gasteiger partial charge in [0.25, 0.3) is 0 Å². The number of hydrogen-bond donors (Lipinski definition) is 0. The molecule has 0 saturated carbocycles. The topological polar surface area (TPSA) is 32.8 Å². The minimum Gasteiger partial charge on any atom is -0.492 e. The Morgan fingerprint density at radius 1 is 1.04 bits per heavy atom. The van der Waals surface area contributed by atoms with E-state index in [-0.39, 0.29) is 11.7 Å². The fourth-order valence-corrected chi connectivity index (χ4v) is 3.37. The van der Waals surface area contributed by atoms with Crippen LogP contribution in [0.4, 0.5) is 4.39 Å². The molecule has 1 amide bonds. The second-order valence-corrected chi connectivity index (χ2v) is 7.01. The van der Waals surface area contributed by atoms with E-state index in [9.17, 15) is 9.18 Å². The zero-order valence-corrected chi connectivity index (χ0v) is 15.9. The van der Waals surface area contributed by atoms with E-state index in [1.807, 2.05) is 41.3 Å². The first-order chi connectivity index (χ1) is 13.1. The van der Waals surface area contributed by atoms with E-state index < -0.39 is 0 Å². The van der Waals surface area contributed by atoms with Crippen molar-refractivity contribution in [3.63, 3.8) is 0 Å². The molecule has 0 fully saturated rings. The van der Waals surface area contributed by atoms with Crippen molar-refractivity contribution < 1.29 is 13.9 Å². The number of nitrogens with zero attached hydrogens (tertiary/aromatic N) is 2. The fourth-order valence-electron chi connectivity index (χ4n) is 3.37. The predicted molar refractivity (Wildman–Crippen MR) is 104 cm³/mol. The summed E-state index contributed by atoms with van der Waals surface area (Å²) in [6.45, 7) is 6.03. The number of amides is 1. The molecule has 0 saturated heterocycles. The number of hydrogen-bond acceptors (Lipinski definition) is 3. The molecule has 5 heteroatoms. The van der Waals surface area contributed by atoms with Gasteiger partial charge in [-0.2, -0.15) is 0 Å². The Morgan fingerprint density at radius 2 is 1.78 bits per heavy atom. The zero-order chi connectivity index (χ0) is 19.1. The molecule has 0 radical (unpaired) electrons. The molecule has 0 spiro atoms. The van der Waals surface area contributed by atoms with E-state index in [0.717, 1.165) is 55.9 Å². The number of carbonyl (C=O) groups is 1. The van der Waals surface area contributed by atoms with Crippen molar-refractivity contribution in [2.45, 2.75) is 32.9 Å². The Hall–Kier alpha value is -2.40. The third kappa shape index (κ3) is 5.79. The summed E-state index contributed by atoms with van der Waals surface area (Å²) in [7, 11) is 0. The van der Waals surface area contributed by atoms with Crippen molar-refractivity contribution in [3.05, 3.63) is 65.5 Å². The van der Waals surface area contributed by atoms with Crippen LogP contribution < -0.4 is 4.74 Å². The number of halogens is 1.